The molecule has 0 aliphatic heterocycles. The number of halogens is 2. The molecule has 0 spiro atoms. The third-order valence-corrected chi connectivity index (χ3v) is 2.90. The number of hydrogen-bond acceptors (Lipinski definition) is 3. The van der Waals surface area contributed by atoms with E-state index < -0.39 is 29.4 Å². The van der Waals surface area contributed by atoms with Crippen molar-refractivity contribution in [3.05, 3.63) is 48.1 Å². The summed E-state index contributed by atoms with van der Waals surface area (Å²) in [4.78, 5) is 25.0. The van der Waals surface area contributed by atoms with Gasteiger partial charge in [0.1, 0.15) is 0 Å². The molecule has 1 rings (SSSR count). The molecule has 0 saturated carbocycles. The molecule has 1 aromatic rings. The van der Waals surface area contributed by atoms with Crippen LogP contribution in [-0.4, -0.2) is 37.0 Å². The van der Waals surface area contributed by atoms with Gasteiger partial charge in [-0.3, -0.25) is 9.59 Å². The topological polar surface area (TPSA) is 46.6 Å². The molecular formula is C15H17F2NO3. The molecule has 0 saturated heterocycles. The van der Waals surface area contributed by atoms with Crippen LogP contribution in [0.5, 0.6) is 0 Å². The van der Waals surface area contributed by atoms with Crippen LogP contribution in [0.4, 0.5) is 8.78 Å². The molecular weight excluding hydrogens is 280 g/mol. The third-order valence-electron chi connectivity index (χ3n) is 2.90. The number of hydrogen-bond donors (Lipinski definition) is 0. The Balaban J connectivity index is 2.93. The van der Waals surface area contributed by atoms with Crippen LogP contribution in [0.2, 0.25) is 0 Å². The number of nitrogens with zero attached hydrogens (tertiary/aromatic N) is 1. The van der Waals surface area contributed by atoms with Crippen molar-refractivity contribution in [1.82, 2.24) is 4.90 Å². The zero-order valence-corrected chi connectivity index (χ0v) is 11.9. The number of methoxy groups -OCH3 is 1. The van der Waals surface area contributed by atoms with Gasteiger partial charge in [0.15, 0.2) is 11.6 Å². The smallest absolute Gasteiger partial charge is 0.310 e. The number of ether oxygens (including phenoxy) is 1. The normalized spacial score (nSPS) is 11.6. The van der Waals surface area contributed by atoms with Crippen molar-refractivity contribution in [2.45, 2.75) is 6.92 Å². The summed E-state index contributed by atoms with van der Waals surface area (Å²) in [7, 11) is 1.26. The second kappa shape index (κ2) is 7.52. The average molecular weight is 297 g/mol. The van der Waals surface area contributed by atoms with Gasteiger partial charge >= 0.3 is 5.97 Å². The monoisotopic (exact) mass is 297 g/mol. The molecule has 0 N–H and O–H groups in total. The van der Waals surface area contributed by atoms with Crippen LogP contribution in [0.15, 0.2) is 30.9 Å². The SMILES string of the molecule is C=CCN(CC(C)C(=O)OC)C(=O)c1ccc(F)c(F)c1. The lowest BCUT2D eigenvalue weighted by Gasteiger charge is -2.23. The van der Waals surface area contributed by atoms with Crippen molar-refractivity contribution < 1.29 is 23.1 Å². The Morgan fingerprint density at radius 1 is 1.38 bits per heavy atom. The molecule has 0 aromatic heterocycles. The zero-order chi connectivity index (χ0) is 16.0. The minimum absolute atomic E-state index is 0.00724. The fourth-order valence-corrected chi connectivity index (χ4v) is 1.81. The predicted octanol–water partition coefficient (Wildman–Crippen LogP) is 2.40. The Labute approximate surface area is 122 Å². The molecule has 0 bridgehead atoms. The quantitative estimate of drug-likeness (QED) is 0.598. The summed E-state index contributed by atoms with van der Waals surface area (Å²) < 4.78 is 30.7. The number of esters is 1. The third kappa shape index (κ3) is 4.37. The Hall–Kier alpha value is -2.24. The van der Waals surface area contributed by atoms with E-state index in [1.807, 2.05) is 0 Å². The van der Waals surface area contributed by atoms with Crippen molar-refractivity contribution in [3.63, 3.8) is 0 Å². The van der Waals surface area contributed by atoms with E-state index in [1.54, 1.807) is 6.92 Å². The van der Waals surface area contributed by atoms with Gasteiger partial charge in [0.2, 0.25) is 0 Å². The molecule has 4 nitrogen and oxygen atoms in total. The maximum atomic E-state index is 13.2. The number of benzene rings is 1. The molecule has 0 radical (unpaired) electrons. The van der Waals surface area contributed by atoms with Gasteiger partial charge in [0.05, 0.1) is 13.0 Å². The average Bonchev–Trinajstić information content (AvgIpc) is 2.47. The van der Waals surface area contributed by atoms with Gasteiger partial charge in [-0.1, -0.05) is 13.0 Å². The van der Waals surface area contributed by atoms with Crippen LogP contribution >= 0.6 is 0 Å². The van der Waals surface area contributed by atoms with Gasteiger partial charge in [0.25, 0.3) is 5.91 Å². The van der Waals surface area contributed by atoms with Gasteiger partial charge in [-0.25, -0.2) is 8.78 Å². The maximum absolute atomic E-state index is 13.2. The zero-order valence-electron chi connectivity index (χ0n) is 11.9. The van der Waals surface area contributed by atoms with E-state index in [-0.39, 0.29) is 18.7 Å². The molecule has 0 aliphatic carbocycles. The Morgan fingerprint density at radius 2 is 2.05 bits per heavy atom. The summed E-state index contributed by atoms with van der Waals surface area (Å²) in [5, 5.41) is 0. The van der Waals surface area contributed by atoms with Crippen molar-refractivity contribution >= 4 is 11.9 Å². The molecule has 0 fully saturated rings. The second-order valence-electron chi connectivity index (χ2n) is 4.55. The Morgan fingerprint density at radius 3 is 2.57 bits per heavy atom. The van der Waals surface area contributed by atoms with Gasteiger partial charge in [0, 0.05) is 18.7 Å². The van der Waals surface area contributed by atoms with Crippen molar-refractivity contribution in [2.24, 2.45) is 5.92 Å². The minimum Gasteiger partial charge on any atom is -0.469 e. The summed E-state index contributed by atoms with van der Waals surface area (Å²) in [5.74, 6) is -3.62. The van der Waals surface area contributed by atoms with E-state index in [2.05, 4.69) is 11.3 Å². The van der Waals surface area contributed by atoms with Gasteiger partial charge in [-0.15, -0.1) is 6.58 Å². The van der Waals surface area contributed by atoms with E-state index in [9.17, 15) is 18.4 Å². The number of carbonyl (C=O) groups is 2. The molecule has 6 heteroatoms. The number of rotatable bonds is 6. The van der Waals surface area contributed by atoms with E-state index in [0.717, 1.165) is 12.1 Å². The Kier molecular flexibility index (Phi) is 6.02. The van der Waals surface area contributed by atoms with Gasteiger partial charge in [-0.05, 0) is 18.2 Å². The van der Waals surface area contributed by atoms with Gasteiger partial charge in [-0.2, -0.15) is 0 Å². The number of amides is 1. The molecule has 0 aliphatic rings. The van der Waals surface area contributed by atoms with Crippen molar-refractivity contribution in [1.29, 1.82) is 0 Å². The van der Waals surface area contributed by atoms with Crippen LogP contribution in [0.25, 0.3) is 0 Å². The van der Waals surface area contributed by atoms with Crippen LogP contribution in [0, 0.1) is 17.6 Å². The summed E-state index contributed by atoms with van der Waals surface area (Å²) in [5.41, 5.74) is 0.00724. The molecule has 1 amide bonds. The summed E-state index contributed by atoms with van der Waals surface area (Å²) >= 11 is 0. The Bertz CT molecular complexity index is 546. The van der Waals surface area contributed by atoms with Crippen molar-refractivity contribution in [3.8, 4) is 0 Å². The predicted molar refractivity (Wildman–Crippen MR) is 73.6 cm³/mol. The summed E-state index contributed by atoms with van der Waals surface area (Å²) in [6.07, 6.45) is 1.49. The minimum atomic E-state index is -1.10. The molecule has 1 aromatic carbocycles. The lowest BCUT2D eigenvalue weighted by Crippen LogP contribution is -2.37. The highest BCUT2D eigenvalue weighted by Gasteiger charge is 2.22. The van der Waals surface area contributed by atoms with E-state index in [1.165, 1.54) is 24.2 Å². The highest BCUT2D eigenvalue weighted by molar-refractivity contribution is 5.94. The number of carbonyl (C=O) groups excluding carboxylic acids is 2. The van der Waals surface area contributed by atoms with E-state index >= 15 is 0 Å². The van der Waals surface area contributed by atoms with E-state index in [0.29, 0.717) is 0 Å². The first kappa shape index (κ1) is 16.8. The van der Waals surface area contributed by atoms with Crippen LogP contribution in [0.1, 0.15) is 17.3 Å². The molecule has 1 atom stereocenters. The fraction of sp³-hybridized carbons (Fsp3) is 0.333. The first-order chi connectivity index (χ1) is 9.90. The van der Waals surface area contributed by atoms with Crippen LogP contribution in [0.3, 0.4) is 0 Å². The lowest BCUT2D eigenvalue weighted by atomic mass is 10.1. The first-order valence-corrected chi connectivity index (χ1v) is 6.33. The van der Waals surface area contributed by atoms with Crippen LogP contribution < -0.4 is 0 Å². The first-order valence-electron chi connectivity index (χ1n) is 6.33. The molecule has 114 valence electrons. The standard InChI is InChI=1S/C15H17F2NO3/c1-4-7-18(9-10(2)15(20)21-3)14(19)11-5-6-12(16)13(17)8-11/h4-6,8,10H,1,7,9H2,2-3H3. The largest absolute Gasteiger partial charge is 0.469 e. The second-order valence-corrected chi connectivity index (χ2v) is 4.55. The lowest BCUT2D eigenvalue weighted by molar-refractivity contribution is -0.145. The highest BCUT2D eigenvalue weighted by Crippen LogP contribution is 2.13. The van der Waals surface area contributed by atoms with Crippen LogP contribution in [-0.2, 0) is 9.53 Å². The van der Waals surface area contributed by atoms with E-state index in [4.69, 9.17) is 0 Å². The summed E-state index contributed by atoms with van der Waals surface area (Å²) in [6.45, 7) is 5.42. The fourth-order valence-electron chi connectivity index (χ4n) is 1.81. The van der Waals surface area contributed by atoms with Gasteiger partial charge < -0.3 is 9.64 Å². The molecule has 21 heavy (non-hydrogen) atoms. The molecule has 0 heterocycles. The maximum Gasteiger partial charge on any atom is 0.310 e. The summed E-state index contributed by atoms with van der Waals surface area (Å²) in [6, 6.07) is 2.91. The van der Waals surface area contributed by atoms with Crippen molar-refractivity contribution in [2.75, 3.05) is 20.2 Å². The highest BCUT2D eigenvalue weighted by atomic mass is 19.2. The molecule has 1 unspecified atom stereocenters.